The van der Waals surface area contributed by atoms with E-state index < -0.39 is 16.0 Å². The molecule has 0 atom stereocenters. The van der Waals surface area contributed by atoms with E-state index in [1.54, 1.807) is 0 Å². The Balaban J connectivity index is 4.80. The summed E-state index contributed by atoms with van der Waals surface area (Å²) in [7, 11) is -3.89. The molecule has 0 spiro atoms. The van der Waals surface area contributed by atoms with Crippen LogP contribution in [0.25, 0.3) is 0 Å². The van der Waals surface area contributed by atoms with E-state index in [0.717, 1.165) is 22.9 Å². The van der Waals surface area contributed by atoms with E-state index in [9.17, 15) is 4.57 Å². The summed E-state index contributed by atoms with van der Waals surface area (Å²) in [6, 6.07) is 0. The minimum atomic E-state index is -3.05. The lowest BCUT2D eigenvalue weighted by molar-refractivity contribution is 0.222. The summed E-state index contributed by atoms with van der Waals surface area (Å²) >= 11 is 0. The van der Waals surface area contributed by atoms with E-state index in [-0.39, 0.29) is 0 Å². The molecule has 0 aliphatic carbocycles. The van der Waals surface area contributed by atoms with Gasteiger partial charge in [0.1, 0.15) is 0 Å². The highest BCUT2D eigenvalue weighted by molar-refractivity contribution is 7.54. The lowest BCUT2D eigenvalue weighted by atomic mass is 10.2. The van der Waals surface area contributed by atoms with Crippen molar-refractivity contribution in [2.75, 3.05) is 38.8 Å². The molecule has 0 aromatic rings. The second-order valence-electron chi connectivity index (χ2n) is 7.88. The fraction of sp³-hybridized carbons (Fsp3) is 0.500. The molecule has 0 rings (SSSR count). The Morgan fingerprint density at radius 3 is 1.54 bits per heavy atom. The van der Waals surface area contributed by atoms with Gasteiger partial charge >= 0.3 is 7.60 Å². The van der Waals surface area contributed by atoms with Crippen molar-refractivity contribution < 1.29 is 22.7 Å². The first-order chi connectivity index (χ1) is 16.7. The Morgan fingerprint density at radius 1 is 0.657 bits per heavy atom. The Kier molecular flexibility index (Phi) is 20.0. The van der Waals surface area contributed by atoms with Crippen LogP contribution in [0.15, 0.2) is 83.1 Å². The second-order valence-corrected chi connectivity index (χ2v) is 11.4. The Morgan fingerprint density at radius 2 is 1.11 bits per heavy atom. The molecule has 5 nitrogen and oxygen atoms in total. The van der Waals surface area contributed by atoms with Crippen molar-refractivity contribution in [2.24, 2.45) is 0 Å². The summed E-state index contributed by atoms with van der Waals surface area (Å²) in [5, 5.41) is 0. The van der Waals surface area contributed by atoms with E-state index in [4.69, 9.17) is 18.1 Å². The first-order valence-electron chi connectivity index (χ1n) is 12.3. The van der Waals surface area contributed by atoms with Crippen molar-refractivity contribution in [1.82, 2.24) is 0 Å². The zero-order valence-electron chi connectivity index (χ0n) is 23.0. The van der Waals surface area contributed by atoms with Crippen LogP contribution in [0.2, 0.25) is 0 Å². The molecule has 0 aromatic heterocycles. The Labute approximate surface area is 215 Å². The molecule has 0 bridgehead atoms. The van der Waals surface area contributed by atoms with Gasteiger partial charge in [0.25, 0.3) is 0 Å². The van der Waals surface area contributed by atoms with Crippen LogP contribution in [0.3, 0.4) is 0 Å². The molecule has 35 heavy (non-hydrogen) atoms. The van der Waals surface area contributed by atoms with Crippen molar-refractivity contribution in [3.63, 3.8) is 0 Å². The van der Waals surface area contributed by atoms with Gasteiger partial charge in [0.15, 0.2) is 8.38 Å². The number of hydrogen-bond acceptors (Lipinski definition) is 5. The van der Waals surface area contributed by atoms with E-state index >= 15 is 0 Å². The summed E-state index contributed by atoms with van der Waals surface area (Å²) < 4.78 is 34.6. The van der Waals surface area contributed by atoms with Crippen LogP contribution >= 0.6 is 16.0 Å². The van der Waals surface area contributed by atoms with Gasteiger partial charge in [-0.1, -0.05) is 83.1 Å². The van der Waals surface area contributed by atoms with E-state index in [1.807, 2.05) is 78.0 Å². The molecule has 0 aromatic carbocycles. The van der Waals surface area contributed by atoms with Gasteiger partial charge < -0.3 is 18.1 Å². The van der Waals surface area contributed by atoms with Crippen LogP contribution in [-0.4, -0.2) is 38.8 Å². The molecular weight excluding hydrogens is 478 g/mol. The Bertz CT molecular complexity index is 831. The molecule has 7 heteroatoms. The summed E-state index contributed by atoms with van der Waals surface area (Å²) in [6.45, 7) is 17.9. The van der Waals surface area contributed by atoms with Crippen LogP contribution < -0.4 is 0 Å². The van der Waals surface area contributed by atoms with Crippen LogP contribution in [0.1, 0.15) is 55.4 Å². The second kappa shape index (κ2) is 20.8. The molecule has 0 unspecified atom stereocenters. The third-order valence-electron chi connectivity index (χ3n) is 4.33. The van der Waals surface area contributed by atoms with Gasteiger partial charge in [0.2, 0.25) is 0 Å². The maximum absolute atomic E-state index is 12.6. The summed E-state index contributed by atoms with van der Waals surface area (Å²) in [4.78, 5) is 0. The topological polar surface area (TPSA) is 54.0 Å². The molecule has 0 fully saturated rings. The van der Waals surface area contributed by atoms with Gasteiger partial charge in [-0.05, 0) is 55.4 Å². The number of rotatable bonds is 18. The van der Waals surface area contributed by atoms with Crippen molar-refractivity contribution in [1.29, 1.82) is 0 Å². The third kappa shape index (κ3) is 18.6. The zero-order chi connectivity index (χ0) is 26.5. The summed E-state index contributed by atoms with van der Waals surface area (Å²) in [6.07, 6.45) is 21.5. The van der Waals surface area contributed by atoms with Gasteiger partial charge in [-0.15, -0.1) is 0 Å². The maximum Gasteiger partial charge on any atom is 0.334 e. The van der Waals surface area contributed by atoms with Crippen LogP contribution in [0.4, 0.5) is 0 Å². The van der Waals surface area contributed by atoms with E-state index in [2.05, 4.69) is 38.2 Å². The molecule has 0 heterocycles. The molecular formula is C28H46O5P2. The number of allylic oxidation sites excluding steroid dienone is 14. The van der Waals surface area contributed by atoms with Crippen LogP contribution in [0, 0.1) is 0 Å². The lowest BCUT2D eigenvalue weighted by Gasteiger charge is -2.16. The predicted octanol–water partition coefficient (Wildman–Crippen LogP) is 9.09. The van der Waals surface area contributed by atoms with Crippen LogP contribution in [0.5, 0.6) is 0 Å². The van der Waals surface area contributed by atoms with Gasteiger partial charge in [0.05, 0.1) is 32.6 Å². The molecule has 0 aliphatic heterocycles. The van der Waals surface area contributed by atoms with Crippen LogP contribution in [-0.2, 0) is 22.7 Å². The average molecular weight is 525 g/mol. The van der Waals surface area contributed by atoms with E-state index in [0.29, 0.717) is 32.6 Å². The number of hydrogen-bond donors (Lipinski definition) is 0. The molecule has 0 aliphatic rings. The molecule has 0 saturated carbocycles. The van der Waals surface area contributed by atoms with Crippen molar-refractivity contribution in [3.8, 4) is 0 Å². The maximum atomic E-state index is 12.6. The molecule has 0 N–H and O–H groups in total. The smallest absolute Gasteiger partial charge is 0.334 e. The largest absolute Gasteiger partial charge is 0.334 e. The first kappa shape index (κ1) is 33.7. The van der Waals surface area contributed by atoms with Gasteiger partial charge in [-0.25, -0.2) is 0 Å². The molecule has 198 valence electrons. The quantitative estimate of drug-likeness (QED) is 0.132. The van der Waals surface area contributed by atoms with Crippen molar-refractivity contribution in [2.45, 2.75) is 55.4 Å². The SMILES string of the molecule is CCOP(C/C(C)=C/C=C/C(C)=C/C=C/C=C(C)/C=C/C=C(\C)CP(=O)(OCC)OCC)OCC. The van der Waals surface area contributed by atoms with Gasteiger partial charge in [-0.2, -0.15) is 0 Å². The fourth-order valence-electron chi connectivity index (χ4n) is 2.81. The fourth-order valence-corrected chi connectivity index (χ4v) is 5.91. The standard InChI is InChI=1S/C28H46O5P2/c1-9-30-34(31-10-2)23-27(7)21-15-19-25(5)17-13-14-18-26(6)20-16-22-28(8)24-35(29,32-11-3)33-12-4/h13-22H,9-12,23-24H2,1-8H3/b14-13+,19-15+,20-16+,25-17+,26-18+,27-21+,28-22+. The monoisotopic (exact) mass is 524 g/mol. The predicted molar refractivity (Wildman–Crippen MR) is 153 cm³/mol. The van der Waals surface area contributed by atoms with Gasteiger partial charge in [0, 0.05) is 6.16 Å². The minimum Gasteiger partial charge on any atom is -0.334 e. The van der Waals surface area contributed by atoms with E-state index in [1.165, 1.54) is 5.57 Å². The molecule has 0 radical (unpaired) electrons. The van der Waals surface area contributed by atoms with Crippen molar-refractivity contribution in [3.05, 3.63) is 83.1 Å². The first-order valence-corrected chi connectivity index (χ1v) is 15.4. The normalized spacial score (nSPS) is 15.0. The zero-order valence-corrected chi connectivity index (χ0v) is 24.7. The molecule has 0 saturated heterocycles. The van der Waals surface area contributed by atoms with Crippen molar-refractivity contribution >= 4 is 16.0 Å². The Hall–Kier alpha value is -1.32. The average Bonchev–Trinajstić information content (AvgIpc) is 2.77. The summed E-state index contributed by atoms with van der Waals surface area (Å²) in [5.41, 5.74) is 4.47. The lowest BCUT2D eigenvalue weighted by Crippen LogP contribution is -2.01. The highest BCUT2D eigenvalue weighted by atomic mass is 31.2. The highest BCUT2D eigenvalue weighted by Crippen LogP contribution is 2.49. The highest BCUT2D eigenvalue weighted by Gasteiger charge is 2.23. The minimum absolute atomic E-state index is 0.300. The third-order valence-corrected chi connectivity index (χ3v) is 8.37. The van der Waals surface area contributed by atoms with Gasteiger partial charge in [-0.3, -0.25) is 4.57 Å². The molecule has 0 amide bonds. The summed E-state index contributed by atoms with van der Waals surface area (Å²) in [5.74, 6) is 0.